The molecular weight excluding hydrogens is 389 g/mol. The lowest BCUT2D eigenvalue weighted by molar-refractivity contribution is -0.123. The molecule has 7 heteroatoms. The average Bonchev–Trinajstić information content (AvgIpc) is 2.63. The Bertz CT molecular complexity index is 1040. The standard InChI is InChI=1S/C20H15Cl2NO4/c1-11(19(25)23-17-7-6-14(21)10-16(17)22)27-20(26)15-8-12-4-2-3-5-13(12)9-18(15)24/h2-11,24H,1H3,(H,23,25)/t11-/m0/s1. The fourth-order valence-electron chi connectivity index (χ4n) is 2.49. The van der Waals surface area contributed by atoms with Gasteiger partial charge in [0.05, 0.1) is 10.7 Å². The van der Waals surface area contributed by atoms with Gasteiger partial charge in [-0.1, -0.05) is 47.5 Å². The van der Waals surface area contributed by atoms with E-state index in [9.17, 15) is 14.7 Å². The van der Waals surface area contributed by atoms with Gasteiger partial charge in [-0.2, -0.15) is 0 Å². The number of esters is 1. The first-order valence-electron chi connectivity index (χ1n) is 8.04. The molecule has 3 rings (SSSR count). The summed E-state index contributed by atoms with van der Waals surface area (Å²) in [5, 5.41) is 14.9. The van der Waals surface area contributed by atoms with Crippen LogP contribution in [-0.2, 0) is 9.53 Å². The van der Waals surface area contributed by atoms with Crippen LogP contribution in [0, 0.1) is 0 Å². The first kappa shape index (κ1) is 19.0. The number of rotatable bonds is 4. The number of hydrogen-bond acceptors (Lipinski definition) is 4. The highest BCUT2D eigenvalue weighted by Crippen LogP contribution is 2.27. The molecule has 2 N–H and O–H groups in total. The van der Waals surface area contributed by atoms with Crippen LogP contribution in [0.3, 0.4) is 0 Å². The predicted octanol–water partition coefficient (Wildman–Crippen LogP) is 5.04. The average molecular weight is 404 g/mol. The zero-order chi connectivity index (χ0) is 19.6. The van der Waals surface area contributed by atoms with Crippen molar-refractivity contribution >= 4 is 51.5 Å². The number of carbonyl (C=O) groups is 2. The lowest BCUT2D eigenvalue weighted by Gasteiger charge is -2.15. The Hall–Kier alpha value is -2.76. The lowest BCUT2D eigenvalue weighted by atomic mass is 10.1. The number of halogens is 2. The van der Waals surface area contributed by atoms with Crippen molar-refractivity contribution in [2.75, 3.05) is 5.32 Å². The fraction of sp³-hybridized carbons (Fsp3) is 0.100. The number of amides is 1. The summed E-state index contributed by atoms with van der Waals surface area (Å²) in [4.78, 5) is 24.7. The number of hydrogen-bond donors (Lipinski definition) is 2. The van der Waals surface area contributed by atoms with Crippen molar-refractivity contribution in [1.82, 2.24) is 0 Å². The van der Waals surface area contributed by atoms with E-state index in [2.05, 4.69) is 5.32 Å². The molecule has 0 fully saturated rings. The lowest BCUT2D eigenvalue weighted by Crippen LogP contribution is -2.30. The molecule has 0 aliphatic rings. The number of phenols is 1. The Morgan fingerprint density at radius 1 is 1.04 bits per heavy atom. The Balaban J connectivity index is 1.73. The molecule has 0 spiro atoms. The molecule has 1 atom stereocenters. The minimum absolute atomic E-state index is 0.0159. The minimum Gasteiger partial charge on any atom is -0.507 e. The minimum atomic E-state index is -1.10. The van der Waals surface area contributed by atoms with Gasteiger partial charge in [0.15, 0.2) is 6.10 Å². The van der Waals surface area contributed by atoms with Crippen molar-refractivity contribution in [1.29, 1.82) is 0 Å². The number of ether oxygens (including phenoxy) is 1. The van der Waals surface area contributed by atoms with Gasteiger partial charge in [0.1, 0.15) is 11.3 Å². The Morgan fingerprint density at radius 3 is 2.37 bits per heavy atom. The third-order valence-corrected chi connectivity index (χ3v) is 4.47. The zero-order valence-electron chi connectivity index (χ0n) is 14.2. The van der Waals surface area contributed by atoms with Crippen LogP contribution < -0.4 is 5.32 Å². The van der Waals surface area contributed by atoms with Gasteiger partial charge >= 0.3 is 5.97 Å². The van der Waals surface area contributed by atoms with Crippen molar-refractivity contribution in [2.45, 2.75) is 13.0 Å². The number of fused-ring (bicyclic) bond motifs is 1. The molecule has 1 amide bonds. The van der Waals surface area contributed by atoms with Crippen LogP contribution in [0.4, 0.5) is 5.69 Å². The van der Waals surface area contributed by atoms with E-state index in [0.29, 0.717) is 10.7 Å². The molecule has 3 aromatic rings. The highest BCUT2D eigenvalue weighted by atomic mass is 35.5. The molecule has 0 aliphatic heterocycles. The number of carbonyl (C=O) groups excluding carboxylic acids is 2. The van der Waals surface area contributed by atoms with Gasteiger partial charge in [0.25, 0.3) is 5.91 Å². The molecule has 0 heterocycles. The molecule has 27 heavy (non-hydrogen) atoms. The molecule has 138 valence electrons. The zero-order valence-corrected chi connectivity index (χ0v) is 15.7. The Kier molecular flexibility index (Phi) is 5.54. The summed E-state index contributed by atoms with van der Waals surface area (Å²) in [5.74, 6) is -1.58. The van der Waals surface area contributed by atoms with Crippen LogP contribution in [0.15, 0.2) is 54.6 Å². The Labute approximate surface area is 165 Å². The summed E-state index contributed by atoms with van der Waals surface area (Å²) in [6.07, 6.45) is -1.10. The van der Waals surface area contributed by atoms with E-state index in [1.807, 2.05) is 24.3 Å². The molecule has 3 aromatic carbocycles. The number of benzene rings is 3. The highest BCUT2D eigenvalue weighted by molar-refractivity contribution is 6.36. The van der Waals surface area contributed by atoms with E-state index < -0.39 is 18.0 Å². The molecule has 0 bridgehead atoms. The topological polar surface area (TPSA) is 75.6 Å². The summed E-state index contributed by atoms with van der Waals surface area (Å²) < 4.78 is 5.18. The fourth-order valence-corrected chi connectivity index (χ4v) is 2.95. The summed E-state index contributed by atoms with van der Waals surface area (Å²) in [5.41, 5.74) is 0.334. The second-order valence-corrected chi connectivity index (χ2v) is 6.72. The molecular formula is C20H15Cl2NO4. The van der Waals surface area contributed by atoms with E-state index in [0.717, 1.165) is 10.8 Å². The number of phenolic OH excluding ortho intramolecular Hbond substituents is 1. The molecule has 0 unspecified atom stereocenters. The molecule has 0 saturated heterocycles. The highest BCUT2D eigenvalue weighted by Gasteiger charge is 2.22. The van der Waals surface area contributed by atoms with Gasteiger partial charge in [-0.3, -0.25) is 4.79 Å². The normalized spacial score (nSPS) is 11.8. The molecule has 0 aromatic heterocycles. The monoisotopic (exact) mass is 403 g/mol. The Morgan fingerprint density at radius 2 is 1.70 bits per heavy atom. The quantitative estimate of drug-likeness (QED) is 0.598. The SMILES string of the molecule is C[C@H](OC(=O)c1cc2ccccc2cc1O)C(=O)Nc1ccc(Cl)cc1Cl. The smallest absolute Gasteiger partial charge is 0.342 e. The van der Waals surface area contributed by atoms with Crippen molar-refractivity contribution < 1.29 is 19.4 Å². The van der Waals surface area contributed by atoms with Crippen molar-refractivity contribution in [3.05, 3.63) is 70.2 Å². The summed E-state index contributed by atoms with van der Waals surface area (Å²) in [7, 11) is 0. The third kappa shape index (κ3) is 4.32. The molecule has 0 saturated carbocycles. The van der Waals surface area contributed by atoms with Crippen LogP contribution in [-0.4, -0.2) is 23.1 Å². The van der Waals surface area contributed by atoms with E-state index in [1.165, 1.54) is 25.1 Å². The van der Waals surface area contributed by atoms with Crippen LogP contribution in [0.2, 0.25) is 10.0 Å². The van der Waals surface area contributed by atoms with E-state index in [-0.39, 0.29) is 16.3 Å². The van der Waals surface area contributed by atoms with Crippen LogP contribution >= 0.6 is 23.2 Å². The second kappa shape index (κ2) is 7.86. The second-order valence-electron chi connectivity index (χ2n) is 5.88. The van der Waals surface area contributed by atoms with Gasteiger partial charge in [0, 0.05) is 5.02 Å². The van der Waals surface area contributed by atoms with Crippen molar-refractivity contribution in [3.63, 3.8) is 0 Å². The first-order valence-corrected chi connectivity index (χ1v) is 8.79. The maximum Gasteiger partial charge on any atom is 0.342 e. The maximum atomic E-state index is 12.4. The van der Waals surface area contributed by atoms with E-state index in [4.69, 9.17) is 27.9 Å². The number of anilines is 1. The number of aromatic hydroxyl groups is 1. The van der Waals surface area contributed by atoms with Crippen molar-refractivity contribution in [3.8, 4) is 5.75 Å². The van der Waals surface area contributed by atoms with Gasteiger partial charge in [-0.25, -0.2) is 4.79 Å². The third-order valence-electron chi connectivity index (χ3n) is 3.93. The summed E-state index contributed by atoms with van der Waals surface area (Å²) >= 11 is 11.8. The van der Waals surface area contributed by atoms with E-state index >= 15 is 0 Å². The maximum absolute atomic E-state index is 12.4. The van der Waals surface area contributed by atoms with Gasteiger partial charge in [-0.15, -0.1) is 0 Å². The molecule has 0 radical (unpaired) electrons. The number of nitrogens with one attached hydrogen (secondary N) is 1. The van der Waals surface area contributed by atoms with Gasteiger partial charge in [0.2, 0.25) is 0 Å². The molecule has 5 nitrogen and oxygen atoms in total. The van der Waals surface area contributed by atoms with Crippen LogP contribution in [0.1, 0.15) is 17.3 Å². The predicted molar refractivity (Wildman–Crippen MR) is 106 cm³/mol. The van der Waals surface area contributed by atoms with Gasteiger partial charge < -0.3 is 15.2 Å². The van der Waals surface area contributed by atoms with Crippen LogP contribution in [0.5, 0.6) is 5.75 Å². The summed E-state index contributed by atoms with van der Waals surface area (Å²) in [6.45, 7) is 1.43. The summed E-state index contributed by atoms with van der Waals surface area (Å²) in [6, 6.07) is 14.9. The molecule has 0 aliphatic carbocycles. The van der Waals surface area contributed by atoms with Crippen molar-refractivity contribution in [2.24, 2.45) is 0 Å². The van der Waals surface area contributed by atoms with Crippen LogP contribution in [0.25, 0.3) is 10.8 Å². The van der Waals surface area contributed by atoms with E-state index in [1.54, 1.807) is 12.1 Å². The first-order chi connectivity index (χ1) is 12.8. The largest absolute Gasteiger partial charge is 0.507 e. The van der Waals surface area contributed by atoms with Gasteiger partial charge in [-0.05, 0) is 48.0 Å².